The summed E-state index contributed by atoms with van der Waals surface area (Å²) in [5, 5.41) is 10.6. The summed E-state index contributed by atoms with van der Waals surface area (Å²) in [5.41, 5.74) is 4.43. The first-order valence-corrected chi connectivity index (χ1v) is 4.74. The van der Waals surface area contributed by atoms with E-state index >= 15 is 0 Å². The Morgan fingerprint density at radius 1 is 1.27 bits per heavy atom. The number of allylic oxidation sites excluding steroid dienone is 3. The van der Waals surface area contributed by atoms with Gasteiger partial charge in [-0.15, -0.1) is 0 Å². The molecule has 0 N–H and O–H groups in total. The topological polar surface area (TPSA) is 43.1 Å². The van der Waals surface area contributed by atoms with E-state index in [-0.39, 0.29) is 10.6 Å². The predicted molar refractivity (Wildman–Crippen MR) is 60.4 cm³/mol. The van der Waals surface area contributed by atoms with Crippen LogP contribution in [0.4, 0.5) is 5.69 Å². The van der Waals surface area contributed by atoms with E-state index in [0.717, 1.165) is 16.7 Å². The minimum atomic E-state index is -0.360. The third kappa shape index (κ3) is 1.56. The first-order chi connectivity index (χ1) is 7.09. The lowest BCUT2D eigenvalue weighted by Gasteiger charge is -2.03. The normalized spacial score (nSPS) is 12.8. The molecule has 76 valence electrons. The van der Waals surface area contributed by atoms with Crippen molar-refractivity contribution < 1.29 is 4.92 Å². The molecule has 0 radical (unpaired) electrons. The van der Waals surface area contributed by atoms with Crippen molar-refractivity contribution in [1.82, 2.24) is 0 Å². The number of fused-ring (bicyclic) bond motifs is 1. The van der Waals surface area contributed by atoms with Gasteiger partial charge in [0.05, 0.1) is 4.92 Å². The molecule has 0 aromatic heterocycles. The third-order valence-electron chi connectivity index (χ3n) is 2.51. The van der Waals surface area contributed by atoms with E-state index in [4.69, 9.17) is 0 Å². The van der Waals surface area contributed by atoms with Gasteiger partial charge in [0.2, 0.25) is 0 Å². The maximum absolute atomic E-state index is 10.6. The fraction of sp³-hybridized carbons (Fsp3) is 0.167. The molecule has 0 spiro atoms. The van der Waals surface area contributed by atoms with E-state index in [1.165, 1.54) is 11.6 Å². The number of nitrogens with zero attached hydrogens (tertiary/aromatic N) is 1. The molecule has 3 heteroatoms. The average Bonchev–Trinajstić information content (AvgIpc) is 2.59. The molecule has 0 atom stereocenters. The number of benzene rings is 1. The molecule has 0 bridgehead atoms. The van der Waals surface area contributed by atoms with Crippen molar-refractivity contribution in [3.8, 4) is 0 Å². The number of hydrogen-bond donors (Lipinski definition) is 0. The van der Waals surface area contributed by atoms with Crippen molar-refractivity contribution in [2.75, 3.05) is 0 Å². The maximum atomic E-state index is 10.6. The van der Waals surface area contributed by atoms with Crippen LogP contribution in [0.1, 0.15) is 25.0 Å². The lowest BCUT2D eigenvalue weighted by atomic mass is 10.0. The molecule has 0 amide bonds. The van der Waals surface area contributed by atoms with Gasteiger partial charge in [-0.3, -0.25) is 10.1 Å². The third-order valence-corrected chi connectivity index (χ3v) is 2.51. The van der Waals surface area contributed by atoms with Crippen molar-refractivity contribution in [3.05, 3.63) is 51.1 Å². The summed E-state index contributed by atoms with van der Waals surface area (Å²) < 4.78 is 0. The summed E-state index contributed by atoms with van der Waals surface area (Å²) in [4.78, 5) is 10.3. The standard InChI is InChI=1S/C12H11NO2/c1-8(2)11-6-4-9-3-5-10(13(14)15)7-12(9)11/h3-7H,1-2H3. The van der Waals surface area contributed by atoms with E-state index in [1.54, 1.807) is 12.1 Å². The van der Waals surface area contributed by atoms with Gasteiger partial charge in [0, 0.05) is 12.1 Å². The molecular weight excluding hydrogens is 190 g/mol. The quantitative estimate of drug-likeness (QED) is 0.516. The van der Waals surface area contributed by atoms with Crippen molar-refractivity contribution in [2.24, 2.45) is 0 Å². The Kier molecular flexibility index (Phi) is 2.15. The second kappa shape index (κ2) is 3.35. The van der Waals surface area contributed by atoms with Gasteiger partial charge in [-0.05, 0) is 36.6 Å². The van der Waals surface area contributed by atoms with Crippen LogP contribution in [0.25, 0.3) is 11.6 Å². The molecule has 0 heterocycles. The highest BCUT2D eigenvalue weighted by atomic mass is 16.6. The minimum Gasteiger partial charge on any atom is -0.258 e. The fourth-order valence-electron chi connectivity index (χ4n) is 1.74. The summed E-state index contributed by atoms with van der Waals surface area (Å²) in [6.07, 6.45) is 3.99. The van der Waals surface area contributed by atoms with Gasteiger partial charge in [-0.1, -0.05) is 17.7 Å². The first kappa shape index (κ1) is 9.65. The Morgan fingerprint density at radius 2 is 2.00 bits per heavy atom. The number of nitro benzene ring substituents is 1. The summed E-state index contributed by atoms with van der Waals surface area (Å²) in [5.74, 6) is 0. The summed E-state index contributed by atoms with van der Waals surface area (Å²) in [7, 11) is 0. The van der Waals surface area contributed by atoms with Gasteiger partial charge in [0.15, 0.2) is 0 Å². The van der Waals surface area contributed by atoms with Gasteiger partial charge in [-0.25, -0.2) is 0 Å². The van der Waals surface area contributed by atoms with Gasteiger partial charge in [0.1, 0.15) is 0 Å². The van der Waals surface area contributed by atoms with Crippen LogP contribution >= 0.6 is 0 Å². The Balaban J connectivity index is 2.60. The Morgan fingerprint density at radius 3 is 2.60 bits per heavy atom. The van der Waals surface area contributed by atoms with Crippen LogP contribution in [0.2, 0.25) is 0 Å². The zero-order valence-corrected chi connectivity index (χ0v) is 8.65. The molecule has 1 aromatic rings. The van der Waals surface area contributed by atoms with Crippen LogP contribution in [-0.4, -0.2) is 4.92 Å². The van der Waals surface area contributed by atoms with E-state index in [9.17, 15) is 10.1 Å². The highest BCUT2D eigenvalue weighted by molar-refractivity contribution is 5.91. The SMILES string of the molecule is CC(C)=C1C=Cc2ccc([N+](=O)[O-])cc21. The van der Waals surface area contributed by atoms with Crippen LogP contribution in [0.15, 0.2) is 29.8 Å². The maximum Gasteiger partial charge on any atom is 0.270 e. The highest BCUT2D eigenvalue weighted by Gasteiger charge is 2.15. The van der Waals surface area contributed by atoms with Crippen molar-refractivity contribution in [1.29, 1.82) is 0 Å². The molecule has 2 rings (SSSR count). The Hall–Kier alpha value is -1.90. The van der Waals surface area contributed by atoms with Crippen LogP contribution in [0.5, 0.6) is 0 Å². The summed E-state index contributed by atoms with van der Waals surface area (Å²) in [6, 6.07) is 4.97. The predicted octanol–water partition coefficient (Wildman–Crippen LogP) is 3.42. The van der Waals surface area contributed by atoms with Crippen LogP contribution in [-0.2, 0) is 0 Å². The molecule has 0 unspecified atom stereocenters. The molecule has 1 aliphatic carbocycles. The zero-order valence-electron chi connectivity index (χ0n) is 8.65. The van der Waals surface area contributed by atoms with Gasteiger partial charge < -0.3 is 0 Å². The van der Waals surface area contributed by atoms with E-state index in [2.05, 4.69) is 0 Å². The monoisotopic (exact) mass is 201 g/mol. The molecule has 3 nitrogen and oxygen atoms in total. The molecule has 0 aliphatic heterocycles. The van der Waals surface area contributed by atoms with E-state index < -0.39 is 0 Å². The Labute approximate surface area is 87.9 Å². The lowest BCUT2D eigenvalue weighted by molar-refractivity contribution is -0.384. The minimum absolute atomic E-state index is 0.149. The second-order valence-electron chi connectivity index (χ2n) is 3.78. The first-order valence-electron chi connectivity index (χ1n) is 4.74. The molecule has 0 fully saturated rings. The molecule has 0 saturated carbocycles. The summed E-state index contributed by atoms with van der Waals surface area (Å²) in [6.45, 7) is 4.02. The van der Waals surface area contributed by atoms with E-state index in [0.29, 0.717) is 0 Å². The van der Waals surface area contributed by atoms with E-state index in [1.807, 2.05) is 26.0 Å². The number of rotatable bonds is 1. The second-order valence-corrected chi connectivity index (χ2v) is 3.78. The average molecular weight is 201 g/mol. The van der Waals surface area contributed by atoms with Crippen molar-refractivity contribution >= 4 is 17.3 Å². The molecule has 0 saturated heterocycles. The molecular formula is C12H11NO2. The van der Waals surface area contributed by atoms with Gasteiger partial charge in [0.25, 0.3) is 5.69 Å². The Bertz CT molecular complexity index is 494. The van der Waals surface area contributed by atoms with Crippen LogP contribution in [0.3, 0.4) is 0 Å². The fourth-order valence-corrected chi connectivity index (χ4v) is 1.74. The van der Waals surface area contributed by atoms with Crippen molar-refractivity contribution in [3.63, 3.8) is 0 Å². The molecule has 15 heavy (non-hydrogen) atoms. The van der Waals surface area contributed by atoms with Gasteiger partial charge in [-0.2, -0.15) is 0 Å². The number of nitro groups is 1. The largest absolute Gasteiger partial charge is 0.270 e. The summed E-state index contributed by atoms with van der Waals surface area (Å²) >= 11 is 0. The highest BCUT2D eigenvalue weighted by Crippen LogP contribution is 2.33. The van der Waals surface area contributed by atoms with Crippen molar-refractivity contribution in [2.45, 2.75) is 13.8 Å². The number of hydrogen-bond acceptors (Lipinski definition) is 2. The smallest absolute Gasteiger partial charge is 0.258 e. The number of non-ortho nitro benzene ring substituents is 1. The van der Waals surface area contributed by atoms with Crippen LogP contribution < -0.4 is 0 Å². The van der Waals surface area contributed by atoms with Crippen LogP contribution in [0, 0.1) is 10.1 Å². The molecule has 1 aromatic carbocycles. The van der Waals surface area contributed by atoms with Gasteiger partial charge >= 0.3 is 0 Å². The molecule has 1 aliphatic rings. The lowest BCUT2D eigenvalue weighted by Crippen LogP contribution is -1.90. The zero-order chi connectivity index (χ0) is 11.0.